The number of hydrogen-bond acceptors (Lipinski definition) is 2. The molecule has 0 aliphatic rings. The van der Waals surface area contributed by atoms with Crippen molar-refractivity contribution in [2.45, 2.75) is 84.0 Å². The molecule has 120 valence electrons. The molecule has 0 aromatic rings. The second kappa shape index (κ2) is 22.2. The number of unbranched alkanes of at least 4 members (excludes halogenated alkanes) is 9. The van der Waals surface area contributed by atoms with Gasteiger partial charge in [-0.05, 0) is 0 Å². The summed E-state index contributed by atoms with van der Waals surface area (Å²) in [4.78, 5) is 19.3. The Hall–Kier alpha value is -0.0600. The van der Waals surface area contributed by atoms with Gasteiger partial charge in [-0.1, -0.05) is 64.7 Å². The Morgan fingerprint density at radius 1 is 0.762 bits per heavy atom. The molecule has 0 unspecified atom stereocenters. The average molecular weight is 310 g/mol. The van der Waals surface area contributed by atoms with Gasteiger partial charge in [0.15, 0.2) is 0 Å². The fraction of sp³-hybridized carbons (Fsp3) is 0.812. The number of carboxylic acids is 2. The van der Waals surface area contributed by atoms with E-state index in [0.717, 1.165) is 6.42 Å². The molecule has 0 atom stereocenters. The van der Waals surface area contributed by atoms with Crippen LogP contribution in [0.3, 0.4) is 0 Å². The van der Waals surface area contributed by atoms with Crippen molar-refractivity contribution >= 4 is 11.9 Å². The Morgan fingerprint density at radius 3 is 1.38 bits per heavy atom. The zero-order valence-electron chi connectivity index (χ0n) is 13.9. The van der Waals surface area contributed by atoms with Crippen molar-refractivity contribution in [3.05, 3.63) is 6.92 Å². The van der Waals surface area contributed by atoms with Gasteiger partial charge in [0.2, 0.25) is 0 Å². The molecule has 0 aliphatic carbocycles. The summed E-state index contributed by atoms with van der Waals surface area (Å²) < 4.78 is 0. The first-order chi connectivity index (χ1) is 9.54. The fourth-order valence-corrected chi connectivity index (χ4v) is 1.70. The Balaban J connectivity index is -0.000000317. The minimum Gasteiger partial charge on any atom is -0.481 e. The molecule has 0 fully saturated rings. The molecule has 0 amide bonds. The molecule has 0 aromatic heterocycles. The van der Waals surface area contributed by atoms with E-state index >= 15 is 0 Å². The molecular weight excluding hydrogens is 279 g/mol. The van der Waals surface area contributed by atoms with Crippen molar-refractivity contribution in [3.8, 4) is 0 Å². The van der Waals surface area contributed by atoms with Gasteiger partial charge in [0, 0.05) is 0 Å². The predicted octanol–water partition coefficient (Wildman–Crippen LogP) is 1.68. The summed E-state index contributed by atoms with van der Waals surface area (Å²) in [6.45, 7) is 6.12. The van der Waals surface area contributed by atoms with Gasteiger partial charge in [0.05, 0.1) is 12.8 Å². The third-order valence-corrected chi connectivity index (χ3v) is 2.91. The van der Waals surface area contributed by atoms with E-state index in [2.05, 4.69) is 13.8 Å². The second-order valence-corrected chi connectivity index (χ2v) is 4.97. The molecule has 0 saturated carbocycles. The maximum Gasteiger partial charge on any atom is 1.00 e. The standard InChI is InChI=1S/C12H25.C4H6O4.Na/c1-3-5-7-9-11-12-10-8-6-4-2;5-3(6)1-2-4(7)8;/h1,3-12H2,2H3;1-2H2,(H,5,6)(H,7,8);/q-1;;+1. The summed E-state index contributed by atoms with van der Waals surface area (Å²) in [5, 5.41) is 15.8. The molecular formula is C16H31NaO4. The predicted molar refractivity (Wildman–Crippen MR) is 81.7 cm³/mol. The van der Waals surface area contributed by atoms with E-state index < -0.39 is 11.9 Å². The summed E-state index contributed by atoms with van der Waals surface area (Å²) in [5.41, 5.74) is 0. The monoisotopic (exact) mass is 310 g/mol. The van der Waals surface area contributed by atoms with Crippen LogP contribution in [-0.2, 0) is 9.59 Å². The van der Waals surface area contributed by atoms with Gasteiger partial charge in [-0.15, -0.1) is 0 Å². The Kier molecular flexibility index (Phi) is 27.4. The zero-order chi connectivity index (χ0) is 15.6. The first-order valence-corrected chi connectivity index (χ1v) is 7.77. The largest absolute Gasteiger partial charge is 1.00 e. The van der Waals surface area contributed by atoms with Crippen LogP contribution in [0.15, 0.2) is 0 Å². The van der Waals surface area contributed by atoms with E-state index in [0.29, 0.717) is 0 Å². The van der Waals surface area contributed by atoms with Crippen LogP contribution in [0.2, 0.25) is 0 Å². The van der Waals surface area contributed by atoms with Crippen LogP contribution in [0, 0.1) is 6.92 Å². The van der Waals surface area contributed by atoms with Crippen LogP contribution < -0.4 is 29.6 Å². The van der Waals surface area contributed by atoms with Crippen LogP contribution in [0.1, 0.15) is 84.0 Å². The molecule has 21 heavy (non-hydrogen) atoms. The van der Waals surface area contributed by atoms with Crippen molar-refractivity contribution in [2.24, 2.45) is 0 Å². The smallest absolute Gasteiger partial charge is 0.481 e. The van der Waals surface area contributed by atoms with E-state index in [1.54, 1.807) is 0 Å². The molecule has 0 rings (SSSR count). The molecule has 0 aromatic carbocycles. The molecule has 0 aliphatic heterocycles. The minimum absolute atomic E-state index is 0. The zero-order valence-corrected chi connectivity index (χ0v) is 15.9. The number of rotatable bonds is 12. The van der Waals surface area contributed by atoms with E-state index in [4.69, 9.17) is 10.2 Å². The summed E-state index contributed by atoms with van der Waals surface area (Å²) in [5.74, 6) is -2.15. The summed E-state index contributed by atoms with van der Waals surface area (Å²) in [6, 6.07) is 0. The third kappa shape index (κ3) is 33.0. The maximum absolute atomic E-state index is 9.64. The quantitative estimate of drug-likeness (QED) is 0.327. The van der Waals surface area contributed by atoms with Crippen molar-refractivity contribution in [1.82, 2.24) is 0 Å². The first-order valence-electron chi connectivity index (χ1n) is 7.77. The SMILES string of the molecule is O=C(O)CCC(=O)O.[CH2-]CCCCCCCCCCC.[Na+]. The molecule has 0 spiro atoms. The van der Waals surface area contributed by atoms with Gasteiger partial charge in [0.25, 0.3) is 0 Å². The van der Waals surface area contributed by atoms with Crippen LogP contribution in [-0.4, -0.2) is 22.2 Å². The molecule has 0 radical (unpaired) electrons. The average Bonchev–Trinajstić information content (AvgIpc) is 2.40. The molecule has 0 heterocycles. The fourth-order valence-electron chi connectivity index (χ4n) is 1.70. The van der Waals surface area contributed by atoms with Gasteiger partial charge in [-0.2, -0.15) is 6.42 Å². The molecule has 0 saturated heterocycles. The van der Waals surface area contributed by atoms with E-state index in [-0.39, 0.29) is 42.4 Å². The Bertz CT molecular complexity index is 208. The van der Waals surface area contributed by atoms with Gasteiger partial charge in [0.1, 0.15) is 0 Å². The van der Waals surface area contributed by atoms with Crippen LogP contribution in [0.5, 0.6) is 0 Å². The van der Waals surface area contributed by atoms with Crippen molar-refractivity contribution < 1.29 is 49.4 Å². The van der Waals surface area contributed by atoms with Gasteiger partial charge < -0.3 is 17.1 Å². The van der Waals surface area contributed by atoms with E-state index in [1.165, 1.54) is 57.8 Å². The number of aliphatic carboxylic acids is 2. The van der Waals surface area contributed by atoms with Gasteiger partial charge >= 0.3 is 41.5 Å². The molecule has 0 bridgehead atoms. The Morgan fingerprint density at radius 2 is 1.10 bits per heavy atom. The van der Waals surface area contributed by atoms with Gasteiger partial charge in [-0.3, -0.25) is 9.59 Å². The molecule has 5 heteroatoms. The van der Waals surface area contributed by atoms with Crippen LogP contribution >= 0.6 is 0 Å². The van der Waals surface area contributed by atoms with E-state index in [9.17, 15) is 9.59 Å². The third-order valence-electron chi connectivity index (χ3n) is 2.91. The minimum atomic E-state index is -1.08. The number of carboxylic acid groups (broad SMARTS) is 2. The van der Waals surface area contributed by atoms with Crippen LogP contribution in [0.25, 0.3) is 0 Å². The summed E-state index contributed by atoms with van der Waals surface area (Å²) in [7, 11) is 0. The first kappa shape index (κ1) is 25.9. The Labute approximate surface area is 152 Å². The summed E-state index contributed by atoms with van der Waals surface area (Å²) in [6.07, 6.45) is 13.3. The van der Waals surface area contributed by atoms with Crippen molar-refractivity contribution in [2.75, 3.05) is 0 Å². The summed E-state index contributed by atoms with van der Waals surface area (Å²) >= 11 is 0. The second-order valence-electron chi connectivity index (χ2n) is 4.97. The number of hydrogen-bond donors (Lipinski definition) is 2. The number of carbonyl (C=O) groups is 2. The topological polar surface area (TPSA) is 74.6 Å². The molecule has 2 N–H and O–H groups in total. The van der Waals surface area contributed by atoms with Crippen molar-refractivity contribution in [3.63, 3.8) is 0 Å². The van der Waals surface area contributed by atoms with Crippen LogP contribution in [0.4, 0.5) is 0 Å². The van der Waals surface area contributed by atoms with Gasteiger partial charge in [-0.25, -0.2) is 0 Å². The van der Waals surface area contributed by atoms with Crippen molar-refractivity contribution in [1.29, 1.82) is 0 Å². The normalized spacial score (nSPS) is 9.24. The molecule has 4 nitrogen and oxygen atoms in total. The maximum atomic E-state index is 9.64. The van der Waals surface area contributed by atoms with E-state index in [1.807, 2.05) is 0 Å².